The smallest absolute Gasteiger partial charge is 0.265 e. The van der Waals surface area contributed by atoms with Crippen molar-refractivity contribution in [1.29, 1.82) is 5.26 Å². The number of nitrogens with zero attached hydrogens (tertiary/aromatic N) is 1. The van der Waals surface area contributed by atoms with Gasteiger partial charge in [0.05, 0.1) is 0 Å². The molecule has 1 aromatic rings. The Kier molecular flexibility index (Phi) is 4.63. The molecule has 0 saturated carbocycles. The third-order valence-electron chi connectivity index (χ3n) is 1.95. The van der Waals surface area contributed by atoms with E-state index in [2.05, 4.69) is 0 Å². The highest BCUT2D eigenvalue weighted by molar-refractivity contribution is 8.13. The molecule has 4 nitrogen and oxygen atoms in total. The van der Waals surface area contributed by atoms with Gasteiger partial charge in [-0.3, -0.25) is 0 Å². The van der Waals surface area contributed by atoms with Gasteiger partial charge in [-0.25, -0.2) is 8.42 Å². The van der Waals surface area contributed by atoms with Crippen molar-refractivity contribution in [3.63, 3.8) is 0 Å². The van der Waals surface area contributed by atoms with E-state index < -0.39 is 15.2 Å². The zero-order valence-electron chi connectivity index (χ0n) is 8.85. The second-order valence-corrected chi connectivity index (χ2v) is 6.14. The highest BCUT2D eigenvalue weighted by Gasteiger charge is 2.19. The molecule has 17 heavy (non-hydrogen) atoms. The van der Waals surface area contributed by atoms with E-state index in [0.29, 0.717) is 6.42 Å². The predicted molar refractivity (Wildman–Crippen MR) is 64.8 cm³/mol. The minimum Gasteiger partial charge on any atom is -0.474 e. The van der Waals surface area contributed by atoms with Crippen molar-refractivity contribution in [3.05, 3.63) is 23.2 Å². The molecule has 0 amide bonds. The Morgan fingerprint density at radius 1 is 1.53 bits per heavy atom. The number of benzene rings is 1. The lowest BCUT2D eigenvalue weighted by Gasteiger charge is -2.12. The van der Waals surface area contributed by atoms with E-state index in [1.807, 2.05) is 6.07 Å². The van der Waals surface area contributed by atoms with Crippen LogP contribution in [0, 0.1) is 11.3 Å². The van der Waals surface area contributed by atoms with Crippen LogP contribution in [0.1, 0.15) is 13.3 Å². The molecule has 1 rings (SSSR count). The molecule has 0 heterocycles. The molecule has 0 aromatic heterocycles. The van der Waals surface area contributed by atoms with Crippen molar-refractivity contribution in [2.24, 2.45) is 0 Å². The second-order valence-electron chi connectivity index (χ2n) is 3.17. The van der Waals surface area contributed by atoms with Crippen molar-refractivity contribution in [1.82, 2.24) is 0 Å². The van der Waals surface area contributed by atoms with Crippen LogP contribution in [-0.2, 0) is 9.05 Å². The number of hydrogen-bond donors (Lipinski definition) is 0. The monoisotopic (exact) mass is 293 g/mol. The predicted octanol–water partition coefficient (Wildman–Crippen LogP) is 2.95. The fourth-order valence-corrected chi connectivity index (χ4v) is 2.35. The fourth-order valence-electron chi connectivity index (χ4n) is 1.12. The van der Waals surface area contributed by atoms with E-state index >= 15 is 0 Å². The molecule has 7 heteroatoms. The minimum atomic E-state index is -3.96. The summed E-state index contributed by atoms with van der Waals surface area (Å²) in [4.78, 5) is -0.236. The van der Waals surface area contributed by atoms with Crippen molar-refractivity contribution in [3.8, 4) is 11.8 Å². The summed E-state index contributed by atoms with van der Waals surface area (Å²) in [5.74, 6) is 0.0257. The van der Waals surface area contributed by atoms with Crippen LogP contribution >= 0.6 is 22.3 Å². The summed E-state index contributed by atoms with van der Waals surface area (Å²) in [6.07, 6.45) is -0.297. The molecule has 0 spiro atoms. The normalized spacial score (nSPS) is 12.8. The van der Waals surface area contributed by atoms with Gasteiger partial charge in [0.15, 0.2) is 6.10 Å². The molecule has 0 N–H and O–H groups in total. The Labute approximate surface area is 109 Å². The Hall–Kier alpha value is -0.960. The summed E-state index contributed by atoms with van der Waals surface area (Å²) in [7, 11) is 1.29. The van der Waals surface area contributed by atoms with Gasteiger partial charge in [0.2, 0.25) is 0 Å². The van der Waals surface area contributed by atoms with Crippen molar-refractivity contribution >= 4 is 31.3 Å². The van der Waals surface area contributed by atoms with Crippen LogP contribution in [0.25, 0.3) is 0 Å². The quantitative estimate of drug-likeness (QED) is 0.801. The van der Waals surface area contributed by atoms with Gasteiger partial charge in [-0.05, 0) is 24.6 Å². The van der Waals surface area contributed by atoms with Gasteiger partial charge in [0, 0.05) is 15.7 Å². The number of rotatable bonds is 4. The average molecular weight is 294 g/mol. The molecule has 1 unspecified atom stereocenters. The highest BCUT2D eigenvalue weighted by atomic mass is 35.7. The molecule has 0 aliphatic heterocycles. The standard InChI is InChI=1S/C10H9Cl2NO3S/c1-2-8(6-13)16-9-4-3-7(11)5-10(9)17(12,14)15/h3-5,8H,2H2,1H3. The van der Waals surface area contributed by atoms with Crippen molar-refractivity contribution in [2.45, 2.75) is 24.3 Å². The number of halogens is 2. The maximum atomic E-state index is 11.3. The molecule has 1 atom stereocenters. The first-order valence-electron chi connectivity index (χ1n) is 4.69. The van der Waals surface area contributed by atoms with Crippen LogP contribution in [0.3, 0.4) is 0 Å². The van der Waals surface area contributed by atoms with Crippen molar-refractivity contribution < 1.29 is 13.2 Å². The van der Waals surface area contributed by atoms with Gasteiger partial charge in [0.25, 0.3) is 9.05 Å². The van der Waals surface area contributed by atoms with Gasteiger partial charge in [0.1, 0.15) is 16.7 Å². The first-order valence-corrected chi connectivity index (χ1v) is 7.37. The zero-order chi connectivity index (χ0) is 13.1. The van der Waals surface area contributed by atoms with Crippen LogP contribution in [-0.4, -0.2) is 14.5 Å². The summed E-state index contributed by atoms with van der Waals surface area (Å²) in [6.45, 7) is 1.75. The summed E-state index contributed by atoms with van der Waals surface area (Å²) >= 11 is 5.68. The third kappa shape index (κ3) is 3.77. The number of ether oxygens (including phenoxy) is 1. The largest absolute Gasteiger partial charge is 0.474 e. The van der Waals surface area contributed by atoms with E-state index in [1.54, 1.807) is 6.92 Å². The Morgan fingerprint density at radius 3 is 2.65 bits per heavy atom. The molecule has 0 radical (unpaired) electrons. The Morgan fingerprint density at radius 2 is 2.18 bits per heavy atom. The van der Waals surface area contributed by atoms with Crippen LogP contribution < -0.4 is 4.74 Å². The van der Waals surface area contributed by atoms with Gasteiger partial charge in [-0.1, -0.05) is 18.5 Å². The molecular weight excluding hydrogens is 285 g/mol. The summed E-state index contributed by atoms with van der Waals surface area (Å²) in [5.41, 5.74) is 0. The Bertz CT molecular complexity index is 551. The summed E-state index contributed by atoms with van der Waals surface area (Å²) in [5, 5.41) is 8.98. The van der Waals surface area contributed by atoms with Crippen LogP contribution in [0.5, 0.6) is 5.75 Å². The molecule has 0 fully saturated rings. The maximum Gasteiger partial charge on any atom is 0.265 e. The first-order chi connectivity index (χ1) is 7.88. The van der Waals surface area contributed by atoms with Crippen LogP contribution in [0.4, 0.5) is 0 Å². The topological polar surface area (TPSA) is 67.2 Å². The van der Waals surface area contributed by atoms with Gasteiger partial charge in [-0.15, -0.1) is 0 Å². The van der Waals surface area contributed by atoms with E-state index in [0.717, 1.165) is 0 Å². The van der Waals surface area contributed by atoms with Gasteiger partial charge in [-0.2, -0.15) is 5.26 Å². The van der Waals surface area contributed by atoms with Crippen LogP contribution in [0.15, 0.2) is 23.1 Å². The first kappa shape index (κ1) is 14.1. The average Bonchev–Trinajstić information content (AvgIpc) is 2.26. The van der Waals surface area contributed by atoms with E-state index in [9.17, 15) is 8.42 Å². The lowest BCUT2D eigenvalue weighted by Crippen LogP contribution is -2.13. The van der Waals surface area contributed by atoms with Gasteiger partial charge < -0.3 is 4.74 Å². The third-order valence-corrected chi connectivity index (χ3v) is 3.53. The molecule has 0 aliphatic carbocycles. The molecule has 0 aliphatic rings. The lowest BCUT2D eigenvalue weighted by molar-refractivity contribution is 0.245. The minimum absolute atomic E-state index is 0.0257. The van der Waals surface area contributed by atoms with E-state index in [1.165, 1.54) is 18.2 Å². The number of nitriles is 1. The van der Waals surface area contributed by atoms with E-state index in [4.69, 9.17) is 32.3 Å². The second kappa shape index (κ2) is 5.58. The Balaban J connectivity index is 3.21. The SMILES string of the molecule is CCC(C#N)Oc1ccc(Cl)cc1S(=O)(=O)Cl. The summed E-state index contributed by atoms with van der Waals surface area (Å²) < 4.78 is 27.9. The summed E-state index contributed by atoms with van der Waals surface area (Å²) in [6, 6.07) is 5.92. The molecule has 92 valence electrons. The zero-order valence-corrected chi connectivity index (χ0v) is 11.2. The molecular formula is C10H9Cl2NO3S. The van der Waals surface area contributed by atoms with Crippen LogP contribution in [0.2, 0.25) is 5.02 Å². The van der Waals surface area contributed by atoms with E-state index in [-0.39, 0.29) is 15.7 Å². The highest BCUT2D eigenvalue weighted by Crippen LogP contribution is 2.30. The molecule has 0 bridgehead atoms. The molecule has 1 aromatic carbocycles. The number of hydrogen-bond acceptors (Lipinski definition) is 4. The lowest BCUT2D eigenvalue weighted by atomic mass is 10.3. The molecule has 0 saturated heterocycles. The maximum absolute atomic E-state index is 11.3. The van der Waals surface area contributed by atoms with Gasteiger partial charge >= 0.3 is 0 Å². The van der Waals surface area contributed by atoms with Crippen molar-refractivity contribution in [2.75, 3.05) is 0 Å². The fraction of sp³-hybridized carbons (Fsp3) is 0.300.